The smallest absolute Gasteiger partial charge is 0.255 e. The van der Waals surface area contributed by atoms with Crippen molar-refractivity contribution in [3.05, 3.63) is 12.5 Å². The summed E-state index contributed by atoms with van der Waals surface area (Å²) in [5.41, 5.74) is 0. The molecule has 0 spiro atoms. The van der Waals surface area contributed by atoms with E-state index in [0.717, 1.165) is 17.4 Å². The molecule has 2 nitrogen and oxygen atoms in total. The summed E-state index contributed by atoms with van der Waals surface area (Å²) >= 11 is 1.65. The third-order valence-corrected chi connectivity index (χ3v) is 1.90. The molecule has 1 heterocycles. The molecule has 0 unspecified atom stereocenters. The van der Waals surface area contributed by atoms with Gasteiger partial charge in [-0.1, -0.05) is 32.5 Å². The second kappa shape index (κ2) is 7.66. The van der Waals surface area contributed by atoms with E-state index in [2.05, 4.69) is 11.9 Å². The van der Waals surface area contributed by atoms with Gasteiger partial charge in [0.1, 0.15) is 6.26 Å². The second-order valence-electron chi connectivity index (χ2n) is 1.65. The topological polar surface area (TPSA) is 26.0 Å². The zero-order valence-electron chi connectivity index (χ0n) is 7.33. The molecule has 0 fully saturated rings. The molecule has 3 heteroatoms. The highest BCUT2D eigenvalue weighted by atomic mass is 32.2. The normalized spacial score (nSPS) is 8.64. The van der Waals surface area contributed by atoms with Gasteiger partial charge in [0, 0.05) is 5.75 Å². The monoisotopic (exact) mass is 173 g/mol. The van der Waals surface area contributed by atoms with Crippen LogP contribution in [-0.4, -0.2) is 10.7 Å². The summed E-state index contributed by atoms with van der Waals surface area (Å²) in [6.45, 7) is 6.13. The van der Waals surface area contributed by atoms with Crippen molar-refractivity contribution >= 4 is 11.8 Å². The Labute approximate surface area is 72.4 Å². The zero-order chi connectivity index (χ0) is 8.53. The fourth-order valence-electron chi connectivity index (χ4n) is 0.471. The van der Waals surface area contributed by atoms with Gasteiger partial charge in [0.05, 0.1) is 6.20 Å². The van der Waals surface area contributed by atoms with Gasteiger partial charge in [0.15, 0.2) is 0 Å². The lowest BCUT2D eigenvalue weighted by Crippen LogP contribution is -1.73. The summed E-state index contributed by atoms with van der Waals surface area (Å²) in [5, 5.41) is 0.775. The van der Waals surface area contributed by atoms with Crippen LogP contribution >= 0.6 is 11.8 Å². The Morgan fingerprint density at radius 2 is 2.27 bits per heavy atom. The first-order chi connectivity index (χ1) is 5.43. The van der Waals surface area contributed by atoms with Crippen molar-refractivity contribution in [3.8, 4) is 0 Å². The van der Waals surface area contributed by atoms with E-state index in [9.17, 15) is 0 Å². The van der Waals surface area contributed by atoms with Gasteiger partial charge in [-0.3, -0.25) is 0 Å². The Kier molecular flexibility index (Phi) is 7.36. The summed E-state index contributed by atoms with van der Waals surface area (Å²) in [7, 11) is 0. The predicted molar refractivity (Wildman–Crippen MR) is 48.9 cm³/mol. The maximum atomic E-state index is 4.99. The van der Waals surface area contributed by atoms with Crippen LogP contribution in [0.3, 0.4) is 0 Å². The minimum Gasteiger partial charge on any atom is -0.440 e. The van der Waals surface area contributed by atoms with Crippen molar-refractivity contribution < 1.29 is 4.42 Å². The van der Waals surface area contributed by atoms with E-state index < -0.39 is 0 Å². The Balaban J connectivity index is 0.000000461. The van der Waals surface area contributed by atoms with Crippen LogP contribution in [0.1, 0.15) is 27.2 Å². The first kappa shape index (κ1) is 10.6. The van der Waals surface area contributed by atoms with Gasteiger partial charge < -0.3 is 4.42 Å². The Hall–Kier alpha value is -0.440. The summed E-state index contributed by atoms with van der Waals surface area (Å²) in [6, 6.07) is 0. The highest BCUT2D eigenvalue weighted by Crippen LogP contribution is 2.14. The lowest BCUT2D eigenvalue weighted by Gasteiger charge is -1.88. The molecule has 1 aromatic rings. The standard InChI is InChI=1S/C6H9NOS.C2H6/c1-2-5-9-6-7-3-4-8-6;1-2/h3-4H,2,5H2,1H3;1-2H3. The van der Waals surface area contributed by atoms with Crippen molar-refractivity contribution in [3.63, 3.8) is 0 Å². The number of nitrogens with zero attached hydrogens (tertiary/aromatic N) is 1. The van der Waals surface area contributed by atoms with Gasteiger partial charge in [-0.15, -0.1) is 0 Å². The van der Waals surface area contributed by atoms with Gasteiger partial charge in [0.2, 0.25) is 0 Å². The van der Waals surface area contributed by atoms with Gasteiger partial charge in [-0.05, 0) is 6.42 Å². The van der Waals surface area contributed by atoms with Crippen molar-refractivity contribution in [2.75, 3.05) is 5.75 Å². The molecule has 0 saturated carbocycles. The van der Waals surface area contributed by atoms with E-state index in [-0.39, 0.29) is 0 Å². The van der Waals surface area contributed by atoms with Crippen LogP contribution < -0.4 is 0 Å². The molecule has 0 radical (unpaired) electrons. The van der Waals surface area contributed by atoms with Crippen LogP contribution in [0.4, 0.5) is 0 Å². The fraction of sp³-hybridized carbons (Fsp3) is 0.625. The molecule has 0 saturated heterocycles. The molecule has 0 atom stereocenters. The number of hydrogen-bond donors (Lipinski definition) is 0. The number of hydrogen-bond acceptors (Lipinski definition) is 3. The van der Waals surface area contributed by atoms with E-state index in [4.69, 9.17) is 4.42 Å². The first-order valence-electron chi connectivity index (χ1n) is 3.95. The predicted octanol–water partition coefficient (Wildman–Crippen LogP) is 3.20. The van der Waals surface area contributed by atoms with E-state index in [1.165, 1.54) is 0 Å². The summed E-state index contributed by atoms with van der Waals surface area (Å²) in [5.74, 6) is 1.08. The van der Waals surface area contributed by atoms with Crippen LogP contribution in [0.15, 0.2) is 22.1 Å². The largest absolute Gasteiger partial charge is 0.440 e. The molecular formula is C8H15NOS. The van der Waals surface area contributed by atoms with Gasteiger partial charge in [0.25, 0.3) is 5.22 Å². The van der Waals surface area contributed by atoms with E-state index in [0.29, 0.717) is 0 Å². The molecule has 1 rings (SSSR count). The Morgan fingerprint density at radius 3 is 2.73 bits per heavy atom. The van der Waals surface area contributed by atoms with Crippen molar-refractivity contribution in [1.29, 1.82) is 0 Å². The van der Waals surface area contributed by atoms with Crippen molar-refractivity contribution in [2.45, 2.75) is 32.4 Å². The molecule has 1 aromatic heterocycles. The van der Waals surface area contributed by atoms with E-state index >= 15 is 0 Å². The molecule has 0 bridgehead atoms. The number of rotatable bonds is 3. The van der Waals surface area contributed by atoms with Crippen LogP contribution in [0.25, 0.3) is 0 Å². The summed E-state index contributed by atoms with van der Waals surface area (Å²) < 4.78 is 4.99. The van der Waals surface area contributed by atoms with Gasteiger partial charge in [-0.25, -0.2) is 4.98 Å². The summed E-state index contributed by atoms with van der Waals surface area (Å²) in [4.78, 5) is 3.95. The average molecular weight is 173 g/mol. The lowest BCUT2D eigenvalue weighted by molar-refractivity contribution is 0.454. The average Bonchev–Trinajstić information content (AvgIpc) is 2.57. The van der Waals surface area contributed by atoms with E-state index in [1.54, 1.807) is 24.2 Å². The van der Waals surface area contributed by atoms with Gasteiger partial charge >= 0.3 is 0 Å². The molecule has 0 aromatic carbocycles. The summed E-state index contributed by atoms with van der Waals surface area (Å²) in [6.07, 6.45) is 4.42. The first-order valence-corrected chi connectivity index (χ1v) is 4.94. The quantitative estimate of drug-likeness (QED) is 0.656. The number of oxazole rings is 1. The van der Waals surface area contributed by atoms with Crippen LogP contribution in [0, 0.1) is 0 Å². The third kappa shape index (κ3) is 4.90. The SMILES string of the molecule is CC.CCCSc1ncco1. The molecule has 0 aliphatic carbocycles. The maximum Gasteiger partial charge on any atom is 0.255 e. The highest BCUT2D eigenvalue weighted by Gasteiger charge is 1.93. The Bertz CT molecular complexity index is 151. The van der Waals surface area contributed by atoms with Crippen LogP contribution in [-0.2, 0) is 0 Å². The van der Waals surface area contributed by atoms with Crippen molar-refractivity contribution in [1.82, 2.24) is 4.98 Å². The molecule has 0 aliphatic heterocycles. The molecule has 0 amide bonds. The molecule has 64 valence electrons. The van der Waals surface area contributed by atoms with Crippen LogP contribution in [0.5, 0.6) is 0 Å². The Morgan fingerprint density at radius 1 is 1.55 bits per heavy atom. The number of thioether (sulfide) groups is 1. The van der Waals surface area contributed by atoms with E-state index in [1.807, 2.05) is 13.8 Å². The number of aromatic nitrogens is 1. The minimum absolute atomic E-state index is 0.775. The van der Waals surface area contributed by atoms with Crippen molar-refractivity contribution in [2.24, 2.45) is 0 Å². The van der Waals surface area contributed by atoms with Gasteiger partial charge in [-0.2, -0.15) is 0 Å². The third-order valence-electron chi connectivity index (χ3n) is 0.839. The highest BCUT2D eigenvalue weighted by molar-refractivity contribution is 7.99. The molecule has 11 heavy (non-hydrogen) atoms. The molecular weight excluding hydrogens is 158 g/mol. The second-order valence-corrected chi connectivity index (χ2v) is 2.69. The fourth-order valence-corrected chi connectivity index (χ4v) is 1.11. The molecule has 0 aliphatic rings. The van der Waals surface area contributed by atoms with Crippen LogP contribution in [0.2, 0.25) is 0 Å². The molecule has 0 N–H and O–H groups in total. The lowest BCUT2D eigenvalue weighted by atomic mass is 10.6. The zero-order valence-corrected chi connectivity index (χ0v) is 8.15. The minimum atomic E-state index is 0.775. The maximum absolute atomic E-state index is 4.99.